The van der Waals surface area contributed by atoms with Crippen LogP contribution in [0.15, 0.2) is 30.6 Å². The third-order valence-electron chi connectivity index (χ3n) is 2.95. The molecule has 98 valence electrons. The number of imidazole rings is 1. The SMILES string of the molecule is Fc1cccc2c1nc(CCl)n2CCn1ccnn1. The number of fused-ring (bicyclic) bond motifs is 1. The Bertz CT molecular complexity index is 692. The first-order valence-electron chi connectivity index (χ1n) is 5.83. The van der Waals surface area contributed by atoms with Crippen molar-refractivity contribution in [1.29, 1.82) is 0 Å². The van der Waals surface area contributed by atoms with Crippen molar-refractivity contribution in [3.05, 3.63) is 42.2 Å². The van der Waals surface area contributed by atoms with Crippen molar-refractivity contribution in [2.75, 3.05) is 0 Å². The van der Waals surface area contributed by atoms with Gasteiger partial charge in [0.2, 0.25) is 0 Å². The first kappa shape index (κ1) is 12.1. The quantitative estimate of drug-likeness (QED) is 0.688. The summed E-state index contributed by atoms with van der Waals surface area (Å²) in [6, 6.07) is 4.90. The Morgan fingerprint density at radius 1 is 1.26 bits per heavy atom. The molecule has 2 aromatic heterocycles. The summed E-state index contributed by atoms with van der Waals surface area (Å²) in [6.45, 7) is 1.25. The van der Waals surface area contributed by atoms with E-state index in [-0.39, 0.29) is 11.7 Å². The van der Waals surface area contributed by atoms with E-state index in [0.29, 0.717) is 24.4 Å². The Morgan fingerprint density at radius 2 is 2.16 bits per heavy atom. The average molecular weight is 280 g/mol. The lowest BCUT2D eigenvalue weighted by molar-refractivity contribution is 0.519. The summed E-state index contributed by atoms with van der Waals surface area (Å²) in [5.74, 6) is 0.566. The molecule has 2 heterocycles. The number of hydrogen-bond donors (Lipinski definition) is 0. The minimum atomic E-state index is -0.330. The molecule has 0 aliphatic heterocycles. The van der Waals surface area contributed by atoms with Crippen LogP contribution >= 0.6 is 11.6 Å². The van der Waals surface area contributed by atoms with Gasteiger partial charge in [-0.25, -0.2) is 9.37 Å². The van der Waals surface area contributed by atoms with Crippen molar-refractivity contribution in [3.8, 4) is 0 Å². The number of alkyl halides is 1. The summed E-state index contributed by atoms with van der Waals surface area (Å²) in [7, 11) is 0. The zero-order valence-corrected chi connectivity index (χ0v) is 10.8. The van der Waals surface area contributed by atoms with E-state index in [0.717, 1.165) is 5.52 Å². The fraction of sp³-hybridized carbons (Fsp3) is 0.250. The molecule has 0 bridgehead atoms. The van der Waals surface area contributed by atoms with E-state index in [2.05, 4.69) is 15.3 Å². The highest BCUT2D eigenvalue weighted by Gasteiger charge is 2.12. The first-order valence-corrected chi connectivity index (χ1v) is 6.36. The monoisotopic (exact) mass is 279 g/mol. The van der Waals surface area contributed by atoms with Gasteiger partial charge in [-0.2, -0.15) is 0 Å². The maximum atomic E-state index is 13.7. The van der Waals surface area contributed by atoms with Crippen LogP contribution in [0.2, 0.25) is 0 Å². The lowest BCUT2D eigenvalue weighted by Gasteiger charge is -2.07. The smallest absolute Gasteiger partial charge is 0.151 e. The molecule has 0 N–H and O–H groups in total. The Hall–Kier alpha value is -1.95. The molecule has 0 aliphatic carbocycles. The average Bonchev–Trinajstić information content (AvgIpc) is 3.03. The molecular weight excluding hydrogens is 269 g/mol. The van der Waals surface area contributed by atoms with Gasteiger partial charge in [-0.1, -0.05) is 11.3 Å². The summed E-state index contributed by atoms with van der Waals surface area (Å²) >= 11 is 5.88. The molecule has 1 aromatic carbocycles. The Morgan fingerprint density at radius 3 is 2.89 bits per heavy atom. The van der Waals surface area contributed by atoms with Crippen LogP contribution in [0.5, 0.6) is 0 Å². The van der Waals surface area contributed by atoms with E-state index < -0.39 is 0 Å². The predicted octanol–water partition coefficient (Wildman–Crippen LogP) is 2.21. The molecule has 0 unspecified atom stereocenters. The van der Waals surface area contributed by atoms with Crippen molar-refractivity contribution in [2.24, 2.45) is 0 Å². The molecule has 3 aromatic rings. The van der Waals surface area contributed by atoms with Crippen LogP contribution in [0.3, 0.4) is 0 Å². The van der Waals surface area contributed by atoms with Crippen molar-refractivity contribution >= 4 is 22.6 Å². The predicted molar refractivity (Wildman–Crippen MR) is 69.3 cm³/mol. The lowest BCUT2D eigenvalue weighted by Crippen LogP contribution is -2.10. The van der Waals surface area contributed by atoms with Gasteiger partial charge in [0, 0.05) is 12.7 Å². The number of benzene rings is 1. The number of halogens is 2. The van der Waals surface area contributed by atoms with E-state index in [4.69, 9.17) is 11.6 Å². The summed E-state index contributed by atoms with van der Waals surface area (Å²) < 4.78 is 17.3. The fourth-order valence-corrected chi connectivity index (χ4v) is 2.27. The minimum absolute atomic E-state index is 0.242. The van der Waals surface area contributed by atoms with Gasteiger partial charge in [0.05, 0.1) is 24.1 Å². The first-order chi connectivity index (χ1) is 9.29. The van der Waals surface area contributed by atoms with Crippen molar-refractivity contribution in [3.63, 3.8) is 0 Å². The van der Waals surface area contributed by atoms with Crippen molar-refractivity contribution in [1.82, 2.24) is 24.5 Å². The lowest BCUT2D eigenvalue weighted by atomic mass is 10.3. The van der Waals surface area contributed by atoms with Crippen LogP contribution in [0.1, 0.15) is 5.82 Å². The number of hydrogen-bond acceptors (Lipinski definition) is 3. The van der Waals surface area contributed by atoms with E-state index >= 15 is 0 Å². The number of rotatable bonds is 4. The van der Waals surface area contributed by atoms with Gasteiger partial charge in [0.1, 0.15) is 11.3 Å². The number of para-hydroxylation sites is 1. The van der Waals surface area contributed by atoms with Gasteiger partial charge in [-0.3, -0.25) is 4.68 Å². The normalized spacial score (nSPS) is 11.3. The highest BCUT2D eigenvalue weighted by molar-refractivity contribution is 6.16. The highest BCUT2D eigenvalue weighted by Crippen LogP contribution is 2.20. The second kappa shape index (κ2) is 4.97. The standard InChI is InChI=1S/C12H11ClFN5/c13-8-11-16-12-9(14)2-1-3-10(12)19(11)7-6-18-5-4-15-17-18/h1-5H,6-8H2. The molecule has 19 heavy (non-hydrogen) atoms. The largest absolute Gasteiger partial charge is 0.325 e. The molecule has 0 saturated carbocycles. The second-order valence-electron chi connectivity index (χ2n) is 4.09. The highest BCUT2D eigenvalue weighted by atomic mass is 35.5. The van der Waals surface area contributed by atoms with Gasteiger partial charge in [-0.05, 0) is 12.1 Å². The zero-order chi connectivity index (χ0) is 13.2. The van der Waals surface area contributed by atoms with Crippen LogP contribution in [-0.4, -0.2) is 24.5 Å². The fourth-order valence-electron chi connectivity index (χ4n) is 2.07. The summed E-state index contributed by atoms with van der Waals surface area (Å²) in [4.78, 5) is 4.24. The molecule has 0 radical (unpaired) electrons. The number of aryl methyl sites for hydroxylation is 2. The number of aromatic nitrogens is 5. The zero-order valence-electron chi connectivity index (χ0n) is 10.0. The van der Waals surface area contributed by atoms with Crippen LogP contribution in [0, 0.1) is 5.82 Å². The van der Waals surface area contributed by atoms with Gasteiger partial charge in [0.25, 0.3) is 0 Å². The Kier molecular flexibility index (Phi) is 3.16. The summed E-state index contributed by atoms with van der Waals surface area (Å²) in [5.41, 5.74) is 1.10. The minimum Gasteiger partial charge on any atom is -0.325 e. The van der Waals surface area contributed by atoms with E-state index in [1.807, 2.05) is 10.6 Å². The molecule has 0 aliphatic rings. The topological polar surface area (TPSA) is 48.5 Å². The van der Waals surface area contributed by atoms with E-state index in [9.17, 15) is 4.39 Å². The third-order valence-corrected chi connectivity index (χ3v) is 3.19. The van der Waals surface area contributed by atoms with Crippen LogP contribution in [0.25, 0.3) is 11.0 Å². The van der Waals surface area contributed by atoms with Gasteiger partial charge < -0.3 is 4.57 Å². The Balaban J connectivity index is 1.99. The van der Waals surface area contributed by atoms with Crippen LogP contribution < -0.4 is 0 Å². The molecule has 0 saturated heterocycles. The molecule has 0 spiro atoms. The van der Waals surface area contributed by atoms with Crippen molar-refractivity contribution < 1.29 is 4.39 Å². The van der Waals surface area contributed by atoms with Gasteiger partial charge in [-0.15, -0.1) is 16.7 Å². The molecular formula is C12H11ClFN5. The molecule has 3 rings (SSSR count). The molecule has 7 heteroatoms. The molecule has 0 fully saturated rings. The molecule has 0 amide bonds. The maximum absolute atomic E-state index is 13.7. The van der Waals surface area contributed by atoms with E-state index in [1.54, 1.807) is 23.1 Å². The van der Waals surface area contributed by atoms with Gasteiger partial charge in [0.15, 0.2) is 5.82 Å². The van der Waals surface area contributed by atoms with Crippen LogP contribution in [-0.2, 0) is 19.0 Å². The Labute approximate surface area is 113 Å². The third kappa shape index (κ3) is 2.19. The molecule has 5 nitrogen and oxygen atoms in total. The molecule has 0 atom stereocenters. The summed E-state index contributed by atoms with van der Waals surface area (Å²) in [6.07, 6.45) is 3.40. The van der Waals surface area contributed by atoms with Crippen LogP contribution in [0.4, 0.5) is 4.39 Å². The van der Waals surface area contributed by atoms with E-state index in [1.165, 1.54) is 6.07 Å². The summed E-state index contributed by atoms with van der Waals surface area (Å²) in [5, 5.41) is 7.64. The second-order valence-corrected chi connectivity index (χ2v) is 4.35. The van der Waals surface area contributed by atoms with Gasteiger partial charge >= 0.3 is 0 Å². The maximum Gasteiger partial charge on any atom is 0.151 e. The number of nitrogens with zero attached hydrogens (tertiary/aromatic N) is 5. The van der Waals surface area contributed by atoms with Crippen molar-refractivity contribution in [2.45, 2.75) is 19.0 Å².